The Hall–Kier alpha value is -2.93. The van der Waals surface area contributed by atoms with Crippen molar-refractivity contribution in [2.75, 3.05) is 5.32 Å². The second-order valence-corrected chi connectivity index (χ2v) is 8.79. The van der Waals surface area contributed by atoms with Gasteiger partial charge in [0, 0.05) is 23.9 Å². The molecule has 0 saturated heterocycles. The van der Waals surface area contributed by atoms with E-state index in [-0.39, 0.29) is 16.3 Å². The summed E-state index contributed by atoms with van der Waals surface area (Å²) in [5.74, 6) is -0.641. The van der Waals surface area contributed by atoms with Crippen molar-refractivity contribution in [3.05, 3.63) is 64.8 Å². The number of fused-ring (bicyclic) bond motifs is 3. The molecule has 1 amide bonds. The summed E-state index contributed by atoms with van der Waals surface area (Å²) in [5.41, 5.74) is 4.49. The number of nitrogens with zero attached hydrogens (tertiary/aromatic N) is 2. The summed E-state index contributed by atoms with van der Waals surface area (Å²) < 4.78 is 27.0. The van der Waals surface area contributed by atoms with E-state index < -0.39 is 15.7 Å². The summed E-state index contributed by atoms with van der Waals surface area (Å²) in [6.07, 6.45) is 0. The van der Waals surface area contributed by atoms with Crippen LogP contribution in [0.1, 0.15) is 27.2 Å². The van der Waals surface area contributed by atoms with Crippen molar-refractivity contribution in [1.29, 1.82) is 0 Å². The number of hydrogen-bond donors (Lipinski definition) is 1. The fourth-order valence-corrected chi connectivity index (χ4v) is 5.07. The highest BCUT2D eigenvalue weighted by atomic mass is 32.2. The highest BCUT2D eigenvalue weighted by Gasteiger charge is 2.34. The molecule has 0 atom stereocenters. The van der Waals surface area contributed by atoms with Gasteiger partial charge >= 0.3 is 0 Å². The van der Waals surface area contributed by atoms with Crippen LogP contribution in [0, 0.1) is 13.8 Å². The highest BCUT2D eigenvalue weighted by molar-refractivity contribution is 7.90. The molecule has 6 nitrogen and oxygen atoms in total. The molecule has 0 spiro atoms. The van der Waals surface area contributed by atoms with Crippen molar-refractivity contribution in [1.82, 2.24) is 9.78 Å². The molecule has 27 heavy (non-hydrogen) atoms. The molecular weight excluding hydrogens is 362 g/mol. The molecule has 4 rings (SSSR count). The van der Waals surface area contributed by atoms with Gasteiger partial charge in [0.1, 0.15) is 0 Å². The van der Waals surface area contributed by atoms with Crippen LogP contribution in [0.5, 0.6) is 0 Å². The fourth-order valence-electron chi connectivity index (χ4n) is 3.48. The van der Waals surface area contributed by atoms with Gasteiger partial charge in [0.15, 0.2) is 15.5 Å². The first-order valence-electron chi connectivity index (χ1n) is 8.54. The number of sulfone groups is 1. The molecule has 0 saturated carbocycles. The molecule has 1 aliphatic rings. The largest absolute Gasteiger partial charge is 0.320 e. The topological polar surface area (TPSA) is 81.1 Å². The predicted octanol–water partition coefficient (Wildman–Crippen LogP) is 3.24. The minimum Gasteiger partial charge on any atom is -0.320 e. The molecule has 1 aromatic heterocycles. The zero-order chi connectivity index (χ0) is 19.3. The molecule has 0 fully saturated rings. The second kappa shape index (κ2) is 6.06. The SMILES string of the molecule is Cc1ccc(C)c(NC(=O)c2nn(C)c3c2CS(=O)(=O)c2ccccc2-3)c1. The number of carbonyl (C=O) groups is 1. The second-order valence-electron chi connectivity index (χ2n) is 6.83. The average molecular weight is 381 g/mol. The Kier molecular flexibility index (Phi) is 3.92. The Bertz CT molecular complexity index is 1190. The summed E-state index contributed by atoms with van der Waals surface area (Å²) in [5, 5.41) is 7.22. The molecule has 0 aliphatic carbocycles. The first-order valence-corrected chi connectivity index (χ1v) is 10.2. The van der Waals surface area contributed by atoms with Gasteiger partial charge in [-0.1, -0.05) is 30.3 Å². The lowest BCUT2D eigenvalue weighted by Gasteiger charge is -2.18. The standard InChI is InChI=1S/C20H19N3O3S/c1-12-8-9-13(2)16(10-12)21-20(24)18-15-11-27(25,26)17-7-5-4-6-14(17)19(15)23(3)22-18/h4-10H,11H2,1-3H3,(H,21,24). The smallest absolute Gasteiger partial charge is 0.276 e. The molecule has 0 unspecified atom stereocenters. The third-order valence-electron chi connectivity index (χ3n) is 4.81. The lowest BCUT2D eigenvalue weighted by Crippen LogP contribution is -2.18. The van der Waals surface area contributed by atoms with Gasteiger partial charge in [-0.25, -0.2) is 8.42 Å². The number of amides is 1. The number of nitrogens with one attached hydrogen (secondary N) is 1. The minimum atomic E-state index is -3.52. The van der Waals surface area contributed by atoms with Crippen LogP contribution < -0.4 is 5.32 Å². The van der Waals surface area contributed by atoms with Crippen LogP contribution in [0.25, 0.3) is 11.3 Å². The lowest BCUT2D eigenvalue weighted by atomic mass is 10.1. The number of aryl methyl sites for hydroxylation is 3. The number of carbonyl (C=O) groups excluding carboxylic acids is 1. The molecule has 0 bridgehead atoms. The fraction of sp³-hybridized carbons (Fsp3) is 0.200. The maximum Gasteiger partial charge on any atom is 0.276 e. The van der Waals surface area contributed by atoms with Crippen LogP contribution in [0.3, 0.4) is 0 Å². The first-order chi connectivity index (χ1) is 12.8. The normalized spacial score (nSPS) is 14.3. The maximum absolute atomic E-state index is 12.9. The summed E-state index contributed by atoms with van der Waals surface area (Å²) in [6, 6.07) is 12.6. The van der Waals surface area contributed by atoms with Crippen molar-refractivity contribution in [3.8, 4) is 11.3 Å². The molecule has 3 aromatic rings. The minimum absolute atomic E-state index is 0.145. The Morgan fingerprint density at radius 2 is 1.89 bits per heavy atom. The van der Waals surface area contributed by atoms with Gasteiger partial charge in [0.2, 0.25) is 0 Å². The number of anilines is 1. The highest BCUT2D eigenvalue weighted by Crippen LogP contribution is 2.39. The van der Waals surface area contributed by atoms with Crippen molar-refractivity contribution < 1.29 is 13.2 Å². The third-order valence-corrected chi connectivity index (χ3v) is 6.51. The van der Waals surface area contributed by atoms with Gasteiger partial charge in [0.25, 0.3) is 5.91 Å². The number of hydrogen-bond acceptors (Lipinski definition) is 4. The van der Waals surface area contributed by atoms with Gasteiger partial charge in [-0.05, 0) is 37.1 Å². The molecule has 2 aromatic carbocycles. The van der Waals surface area contributed by atoms with Crippen LogP contribution >= 0.6 is 0 Å². The van der Waals surface area contributed by atoms with Gasteiger partial charge in [0.05, 0.1) is 16.3 Å². The molecule has 1 aliphatic heterocycles. The van der Waals surface area contributed by atoms with E-state index in [2.05, 4.69) is 10.4 Å². The zero-order valence-corrected chi connectivity index (χ0v) is 16.1. The van der Waals surface area contributed by atoms with Crippen LogP contribution in [-0.4, -0.2) is 24.1 Å². The number of rotatable bonds is 2. The van der Waals surface area contributed by atoms with E-state index in [1.807, 2.05) is 32.0 Å². The molecule has 138 valence electrons. The average Bonchev–Trinajstić information content (AvgIpc) is 2.94. The van der Waals surface area contributed by atoms with Crippen molar-refractivity contribution in [2.45, 2.75) is 24.5 Å². The van der Waals surface area contributed by atoms with Crippen LogP contribution in [0.4, 0.5) is 5.69 Å². The summed E-state index contributed by atoms with van der Waals surface area (Å²) >= 11 is 0. The first kappa shape index (κ1) is 17.5. The van der Waals surface area contributed by atoms with Crippen LogP contribution in [0.2, 0.25) is 0 Å². The zero-order valence-electron chi connectivity index (χ0n) is 15.3. The van der Waals surface area contributed by atoms with E-state index in [0.29, 0.717) is 22.5 Å². The van der Waals surface area contributed by atoms with Crippen molar-refractivity contribution >= 4 is 21.4 Å². The Morgan fingerprint density at radius 1 is 1.15 bits per heavy atom. The van der Waals surface area contributed by atoms with E-state index in [9.17, 15) is 13.2 Å². The summed E-state index contributed by atoms with van der Waals surface area (Å²) in [6.45, 7) is 3.85. The van der Waals surface area contributed by atoms with Gasteiger partial charge in [-0.15, -0.1) is 0 Å². The van der Waals surface area contributed by atoms with E-state index in [4.69, 9.17) is 0 Å². The van der Waals surface area contributed by atoms with E-state index in [0.717, 1.165) is 11.1 Å². The molecule has 0 radical (unpaired) electrons. The van der Waals surface area contributed by atoms with Crippen LogP contribution in [-0.2, 0) is 22.6 Å². The van der Waals surface area contributed by atoms with E-state index in [1.165, 1.54) is 0 Å². The van der Waals surface area contributed by atoms with Crippen LogP contribution in [0.15, 0.2) is 47.4 Å². The molecule has 7 heteroatoms. The predicted molar refractivity (Wildman–Crippen MR) is 103 cm³/mol. The van der Waals surface area contributed by atoms with E-state index in [1.54, 1.807) is 36.0 Å². The quantitative estimate of drug-likeness (QED) is 0.739. The maximum atomic E-state index is 12.9. The van der Waals surface area contributed by atoms with Crippen molar-refractivity contribution in [3.63, 3.8) is 0 Å². The molecular formula is C20H19N3O3S. The van der Waals surface area contributed by atoms with Gasteiger partial charge < -0.3 is 5.32 Å². The number of aromatic nitrogens is 2. The van der Waals surface area contributed by atoms with Crippen molar-refractivity contribution in [2.24, 2.45) is 7.05 Å². The van der Waals surface area contributed by atoms with Gasteiger partial charge in [-0.3, -0.25) is 9.48 Å². The summed E-state index contributed by atoms with van der Waals surface area (Å²) in [4.78, 5) is 13.2. The van der Waals surface area contributed by atoms with Gasteiger partial charge in [-0.2, -0.15) is 5.10 Å². The molecule has 2 heterocycles. The Labute approximate surface area is 157 Å². The Morgan fingerprint density at radius 3 is 2.67 bits per heavy atom. The third kappa shape index (κ3) is 2.84. The number of benzene rings is 2. The molecule has 1 N–H and O–H groups in total. The lowest BCUT2D eigenvalue weighted by molar-refractivity contribution is 0.102. The summed E-state index contributed by atoms with van der Waals surface area (Å²) in [7, 11) is -1.79. The van der Waals surface area contributed by atoms with E-state index >= 15 is 0 Å². The Balaban J connectivity index is 1.82. The monoisotopic (exact) mass is 381 g/mol.